The number of carbonyl (C=O) groups is 2. The van der Waals surface area contributed by atoms with Crippen molar-refractivity contribution in [1.29, 1.82) is 0 Å². The van der Waals surface area contributed by atoms with E-state index in [4.69, 9.17) is 21.7 Å². The Bertz CT molecular complexity index is 182. The van der Waals surface area contributed by atoms with E-state index in [2.05, 4.69) is 0 Å². The SMILES string of the molecule is NCC(CC(N)C(=O)O)C(=O)O. The summed E-state index contributed by atoms with van der Waals surface area (Å²) in [5, 5.41) is 16.8. The molecule has 0 aromatic heterocycles. The third-order valence-electron chi connectivity index (χ3n) is 1.49. The van der Waals surface area contributed by atoms with Crippen molar-refractivity contribution in [3.05, 3.63) is 0 Å². The van der Waals surface area contributed by atoms with Crippen molar-refractivity contribution in [3.63, 3.8) is 0 Å². The van der Waals surface area contributed by atoms with Crippen molar-refractivity contribution >= 4 is 11.9 Å². The zero-order valence-electron chi connectivity index (χ0n) is 6.43. The van der Waals surface area contributed by atoms with Gasteiger partial charge in [-0.25, -0.2) is 0 Å². The molecule has 0 aliphatic rings. The van der Waals surface area contributed by atoms with Gasteiger partial charge in [0.05, 0.1) is 5.92 Å². The summed E-state index contributed by atoms with van der Waals surface area (Å²) >= 11 is 0. The van der Waals surface area contributed by atoms with Gasteiger partial charge in [0, 0.05) is 6.54 Å². The monoisotopic (exact) mass is 176 g/mol. The molecular formula is C6H12N2O4. The molecular weight excluding hydrogens is 164 g/mol. The minimum atomic E-state index is -1.21. The molecule has 6 nitrogen and oxygen atoms in total. The number of nitrogens with two attached hydrogens (primary N) is 2. The molecule has 12 heavy (non-hydrogen) atoms. The van der Waals surface area contributed by atoms with Crippen LogP contribution in [0.25, 0.3) is 0 Å². The molecule has 0 fully saturated rings. The van der Waals surface area contributed by atoms with E-state index in [9.17, 15) is 9.59 Å². The van der Waals surface area contributed by atoms with E-state index < -0.39 is 23.9 Å². The van der Waals surface area contributed by atoms with Crippen LogP contribution in [0.15, 0.2) is 0 Å². The van der Waals surface area contributed by atoms with Gasteiger partial charge in [0.1, 0.15) is 6.04 Å². The van der Waals surface area contributed by atoms with Crippen LogP contribution in [0.5, 0.6) is 0 Å². The van der Waals surface area contributed by atoms with Gasteiger partial charge in [-0.15, -0.1) is 0 Å². The molecule has 2 unspecified atom stereocenters. The molecule has 0 heterocycles. The fourth-order valence-electron chi connectivity index (χ4n) is 0.705. The summed E-state index contributed by atoms with van der Waals surface area (Å²) in [7, 11) is 0. The molecule has 0 aromatic carbocycles. The Morgan fingerprint density at radius 3 is 2.00 bits per heavy atom. The van der Waals surface area contributed by atoms with E-state index in [-0.39, 0.29) is 13.0 Å². The number of aliphatic carboxylic acids is 2. The fraction of sp³-hybridized carbons (Fsp3) is 0.667. The third kappa shape index (κ3) is 3.31. The molecule has 6 heteroatoms. The molecule has 0 saturated heterocycles. The van der Waals surface area contributed by atoms with Crippen molar-refractivity contribution in [2.75, 3.05) is 6.54 Å². The standard InChI is InChI=1S/C6H12N2O4/c7-2-3(5(9)10)1-4(8)6(11)12/h3-4H,1-2,7-8H2,(H,9,10)(H,11,12). The molecule has 0 aliphatic heterocycles. The first-order valence-corrected chi connectivity index (χ1v) is 3.40. The number of hydrogen-bond donors (Lipinski definition) is 4. The number of hydrogen-bond acceptors (Lipinski definition) is 4. The Balaban J connectivity index is 4.02. The van der Waals surface area contributed by atoms with Crippen molar-refractivity contribution < 1.29 is 19.8 Å². The van der Waals surface area contributed by atoms with Crippen LogP contribution in [0.3, 0.4) is 0 Å². The van der Waals surface area contributed by atoms with Crippen LogP contribution in [-0.2, 0) is 9.59 Å². The average molecular weight is 176 g/mol. The van der Waals surface area contributed by atoms with E-state index >= 15 is 0 Å². The maximum atomic E-state index is 10.4. The lowest BCUT2D eigenvalue weighted by Gasteiger charge is -2.11. The van der Waals surface area contributed by atoms with Crippen molar-refractivity contribution in [1.82, 2.24) is 0 Å². The molecule has 70 valence electrons. The van der Waals surface area contributed by atoms with E-state index in [1.807, 2.05) is 0 Å². The molecule has 0 spiro atoms. The third-order valence-corrected chi connectivity index (χ3v) is 1.49. The summed E-state index contributed by atoms with van der Waals surface area (Å²) in [5.74, 6) is -3.21. The van der Waals surface area contributed by atoms with Gasteiger partial charge in [-0.1, -0.05) is 0 Å². The maximum Gasteiger partial charge on any atom is 0.320 e. The second-order valence-corrected chi connectivity index (χ2v) is 2.45. The van der Waals surface area contributed by atoms with Crippen molar-refractivity contribution in [3.8, 4) is 0 Å². The number of rotatable bonds is 5. The molecule has 0 aromatic rings. The average Bonchev–Trinajstić information content (AvgIpc) is 1.98. The highest BCUT2D eigenvalue weighted by Gasteiger charge is 2.22. The molecule has 0 saturated carbocycles. The van der Waals surface area contributed by atoms with Gasteiger partial charge in [0.15, 0.2) is 0 Å². The van der Waals surface area contributed by atoms with Gasteiger partial charge in [0.25, 0.3) is 0 Å². The highest BCUT2D eigenvalue weighted by molar-refractivity contribution is 5.75. The number of carboxylic acid groups (broad SMARTS) is 2. The van der Waals surface area contributed by atoms with Crippen molar-refractivity contribution in [2.24, 2.45) is 17.4 Å². The van der Waals surface area contributed by atoms with Crippen LogP contribution in [-0.4, -0.2) is 34.7 Å². The summed E-state index contributed by atoms with van der Waals surface area (Å²) in [6.45, 7) is -0.101. The lowest BCUT2D eigenvalue weighted by atomic mass is 10.0. The van der Waals surface area contributed by atoms with Gasteiger partial charge < -0.3 is 21.7 Å². The zero-order chi connectivity index (χ0) is 9.72. The quantitative estimate of drug-likeness (QED) is 0.401. The van der Waals surface area contributed by atoms with Crippen LogP contribution in [0, 0.1) is 5.92 Å². The van der Waals surface area contributed by atoms with Crippen LogP contribution in [0.1, 0.15) is 6.42 Å². The second-order valence-electron chi connectivity index (χ2n) is 2.45. The summed E-state index contributed by atoms with van der Waals surface area (Å²) in [4.78, 5) is 20.6. The van der Waals surface area contributed by atoms with Gasteiger partial charge in [-0.05, 0) is 6.42 Å². The van der Waals surface area contributed by atoms with Gasteiger partial charge >= 0.3 is 11.9 Å². The summed E-state index contributed by atoms with van der Waals surface area (Å²) in [6, 6.07) is -1.16. The Morgan fingerprint density at radius 1 is 1.25 bits per heavy atom. The molecule has 6 N–H and O–H groups in total. The first kappa shape index (κ1) is 10.9. The van der Waals surface area contributed by atoms with Gasteiger partial charge in [0.2, 0.25) is 0 Å². The largest absolute Gasteiger partial charge is 0.481 e. The van der Waals surface area contributed by atoms with Crippen LogP contribution < -0.4 is 11.5 Å². The Morgan fingerprint density at radius 2 is 1.75 bits per heavy atom. The fourth-order valence-corrected chi connectivity index (χ4v) is 0.705. The Labute approximate surface area is 69.2 Å². The Kier molecular flexibility index (Phi) is 4.24. The highest BCUT2D eigenvalue weighted by Crippen LogP contribution is 2.03. The van der Waals surface area contributed by atoms with E-state index in [0.29, 0.717) is 0 Å². The van der Waals surface area contributed by atoms with Crippen LogP contribution in [0.2, 0.25) is 0 Å². The molecule has 0 bridgehead atoms. The predicted octanol–water partition coefficient (Wildman–Crippen LogP) is -1.55. The number of carboxylic acids is 2. The molecule has 0 aliphatic carbocycles. The van der Waals surface area contributed by atoms with Crippen LogP contribution >= 0.6 is 0 Å². The first-order chi connectivity index (χ1) is 5.49. The maximum absolute atomic E-state index is 10.4. The molecule has 0 rings (SSSR count). The van der Waals surface area contributed by atoms with Gasteiger partial charge in [-0.2, -0.15) is 0 Å². The topological polar surface area (TPSA) is 127 Å². The lowest BCUT2D eigenvalue weighted by Crippen LogP contribution is -2.36. The highest BCUT2D eigenvalue weighted by atomic mass is 16.4. The first-order valence-electron chi connectivity index (χ1n) is 3.40. The predicted molar refractivity (Wildman–Crippen MR) is 40.4 cm³/mol. The molecule has 0 radical (unpaired) electrons. The summed E-state index contributed by atoms with van der Waals surface area (Å²) < 4.78 is 0. The van der Waals surface area contributed by atoms with E-state index in [1.165, 1.54) is 0 Å². The second kappa shape index (κ2) is 4.68. The van der Waals surface area contributed by atoms with Gasteiger partial charge in [-0.3, -0.25) is 9.59 Å². The Hall–Kier alpha value is -1.14. The lowest BCUT2D eigenvalue weighted by molar-refractivity contribution is -0.143. The van der Waals surface area contributed by atoms with E-state index in [1.54, 1.807) is 0 Å². The molecule has 2 atom stereocenters. The molecule has 0 amide bonds. The smallest absolute Gasteiger partial charge is 0.320 e. The zero-order valence-corrected chi connectivity index (χ0v) is 6.43. The van der Waals surface area contributed by atoms with Crippen molar-refractivity contribution in [2.45, 2.75) is 12.5 Å². The minimum Gasteiger partial charge on any atom is -0.481 e. The normalized spacial score (nSPS) is 15.2. The summed E-state index contributed by atoms with van der Waals surface area (Å²) in [6.07, 6.45) is -0.138. The summed E-state index contributed by atoms with van der Waals surface area (Å²) in [5.41, 5.74) is 10.2. The minimum absolute atomic E-state index is 0.101. The van der Waals surface area contributed by atoms with E-state index in [0.717, 1.165) is 0 Å². The van der Waals surface area contributed by atoms with Crippen LogP contribution in [0.4, 0.5) is 0 Å².